The first-order valence-electron chi connectivity index (χ1n) is 11.0. The fourth-order valence-corrected chi connectivity index (χ4v) is 4.11. The summed E-state index contributed by atoms with van der Waals surface area (Å²) >= 11 is 0. The second-order valence-corrected chi connectivity index (χ2v) is 8.24. The van der Waals surface area contributed by atoms with Gasteiger partial charge in [-0.2, -0.15) is 0 Å². The molecule has 2 aromatic rings. The Morgan fingerprint density at radius 1 is 0.788 bits per heavy atom. The summed E-state index contributed by atoms with van der Waals surface area (Å²) < 4.78 is 7.75. The summed E-state index contributed by atoms with van der Waals surface area (Å²) in [6, 6.07) is 0. The van der Waals surface area contributed by atoms with Crippen LogP contribution >= 0.6 is 0 Å². The Hall–Kier alpha value is -3.56. The SMILES string of the molecule is Cn1[nH]c(C(=O)N2CCCCC2)c(C=C=Cc2c(C(=O)N3CCOCC3)[nH]n(C)c2=O)c1=O. The molecular weight excluding hydrogens is 428 g/mol. The molecule has 4 rings (SSSR count). The summed E-state index contributed by atoms with van der Waals surface area (Å²) in [5.74, 6) is -0.538. The van der Waals surface area contributed by atoms with Gasteiger partial charge in [0, 0.05) is 40.3 Å². The van der Waals surface area contributed by atoms with Crippen LogP contribution in [0.2, 0.25) is 0 Å². The van der Waals surface area contributed by atoms with Gasteiger partial charge in [-0.05, 0) is 31.4 Å². The predicted molar refractivity (Wildman–Crippen MR) is 121 cm³/mol. The first-order valence-corrected chi connectivity index (χ1v) is 11.0. The number of carbonyl (C=O) groups is 2. The van der Waals surface area contributed by atoms with Crippen molar-refractivity contribution in [1.29, 1.82) is 0 Å². The molecule has 0 saturated carbocycles. The van der Waals surface area contributed by atoms with Gasteiger partial charge < -0.3 is 14.5 Å². The van der Waals surface area contributed by atoms with Crippen LogP contribution in [0.4, 0.5) is 0 Å². The largest absolute Gasteiger partial charge is 0.378 e. The molecule has 2 N–H and O–H groups in total. The van der Waals surface area contributed by atoms with Crippen molar-refractivity contribution in [2.24, 2.45) is 14.1 Å². The highest BCUT2D eigenvalue weighted by molar-refractivity contribution is 5.97. The average molecular weight is 457 g/mol. The molecule has 0 atom stereocenters. The molecule has 176 valence electrons. The molecule has 2 fully saturated rings. The Balaban J connectivity index is 1.66. The molecule has 0 spiro atoms. The van der Waals surface area contributed by atoms with Crippen LogP contribution < -0.4 is 11.1 Å². The van der Waals surface area contributed by atoms with E-state index in [4.69, 9.17) is 4.74 Å². The first kappa shape index (κ1) is 22.6. The van der Waals surface area contributed by atoms with Gasteiger partial charge in [0.1, 0.15) is 11.4 Å². The zero-order valence-electron chi connectivity index (χ0n) is 18.8. The lowest BCUT2D eigenvalue weighted by atomic mass is 10.1. The van der Waals surface area contributed by atoms with Gasteiger partial charge in [-0.15, -0.1) is 5.73 Å². The molecule has 4 heterocycles. The standard InChI is InChI=1S/C22H28N6O5/c1-25-19(29)15(17(23-25)21(31)27-9-4-3-5-10-27)7-6-8-16-18(24-26(2)20(16)30)22(32)28-11-13-33-14-12-28/h7-8,23-24H,3-5,9-14H2,1-2H3. The zero-order valence-corrected chi connectivity index (χ0v) is 18.8. The summed E-state index contributed by atoms with van der Waals surface area (Å²) in [6.07, 6.45) is 5.70. The van der Waals surface area contributed by atoms with Crippen LogP contribution in [0, 0.1) is 0 Å². The number of aromatic nitrogens is 4. The Bertz CT molecular complexity index is 1130. The van der Waals surface area contributed by atoms with E-state index in [1.807, 2.05) is 0 Å². The maximum absolute atomic E-state index is 13.0. The molecule has 2 amide bonds. The molecule has 2 aliphatic heterocycles. The molecular formula is C22H28N6O5. The Labute approximate surface area is 189 Å². The van der Waals surface area contributed by atoms with E-state index in [9.17, 15) is 19.2 Å². The van der Waals surface area contributed by atoms with Crippen LogP contribution in [0.5, 0.6) is 0 Å². The number of likely N-dealkylation sites (tertiary alicyclic amines) is 1. The van der Waals surface area contributed by atoms with Gasteiger partial charge in [-0.25, -0.2) is 0 Å². The van der Waals surface area contributed by atoms with Crippen molar-refractivity contribution in [2.75, 3.05) is 39.4 Å². The second kappa shape index (κ2) is 9.51. The van der Waals surface area contributed by atoms with Crippen molar-refractivity contribution < 1.29 is 14.3 Å². The van der Waals surface area contributed by atoms with Crippen molar-refractivity contribution in [2.45, 2.75) is 19.3 Å². The van der Waals surface area contributed by atoms with E-state index in [0.717, 1.165) is 19.3 Å². The number of H-pyrrole nitrogens is 2. The molecule has 0 unspecified atom stereocenters. The van der Waals surface area contributed by atoms with E-state index in [-0.39, 0.29) is 45.4 Å². The minimum Gasteiger partial charge on any atom is -0.378 e. The minimum absolute atomic E-state index is 0.140. The van der Waals surface area contributed by atoms with Gasteiger partial charge in [0.15, 0.2) is 0 Å². The molecule has 2 aromatic heterocycles. The van der Waals surface area contributed by atoms with E-state index in [2.05, 4.69) is 15.9 Å². The van der Waals surface area contributed by atoms with Gasteiger partial charge in [-0.3, -0.25) is 38.7 Å². The Kier molecular flexibility index (Phi) is 6.52. The molecule has 33 heavy (non-hydrogen) atoms. The van der Waals surface area contributed by atoms with E-state index in [1.165, 1.54) is 35.6 Å². The van der Waals surface area contributed by atoms with Crippen LogP contribution in [0.1, 0.15) is 51.4 Å². The summed E-state index contributed by atoms with van der Waals surface area (Å²) in [6.45, 7) is 3.07. The molecule has 2 aliphatic rings. The minimum atomic E-state index is -0.390. The highest BCUT2D eigenvalue weighted by Gasteiger charge is 2.25. The van der Waals surface area contributed by atoms with Crippen LogP contribution in [-0.2, 0) is 18.8 Å². The third-order valence-electron chi connectivity index (χ3n) is 5.99. The van der Waals surface area contributed by atoms with E-state index >= 15 is 0 Å². The van der Waals surface area contributed by atoms with E-state index in [1.54, 1.807) is 9.80 Å². The van der Waals surface area contributed by atoms with Crippen LogP contribution in [-0.4, -0.2) is 80.6 Å². The van der Waals surface area contributed by atoms with Gasteiger partial charge >= 0.3 is 0 Å². The van der Waals surface area contributed by atoms with Gasteiger partial charge in [-0.1, -0.05) is 0 Å². The van der Waals surface area contributed by atoms with Crippen molar-refractivity contribution in [1.82, 2.24) is 29.4 Å². The third-order valence-corrected chi connectivity index (χ3v) is 5.99. The van der Waals surface area contributed by atoms with Crippen molar-refractivity contribution in [3.05, 3.63) is 49.0 Å². The number of rotatable bonds is 4. The number of piperidine rings is 1. The normalized spacial score (nSPS) is 16.4. The highest BCUT2D eigenvalue weighted by atomic mass is 16.5. The predicted octanol–water partition coefficient (Wildman–Crippen LogP) is 0.164. The maximum atomic E-state index is 13.0. The molecule has 0 aliphatic carbocycles. The van der Waals surface area contributed by atoms with Crippen LogP contribution in [0.3, 0.4) is 0 Å². The number of aromatic amines is 2. The molecule has 2 saturated heterocycles. The Morgan fingerprint density at radius 2 is 1.24 bits per heavy atom. The number of hydrogen-bond acceptors (Lipinski definition) is 5. The summed E-state index contributed by atoms with van der Waals surface area (Å²) in [5.41, 5.74) is 2.72. The molecule has 0 aromatic carbocycles. The van der Waals surface area contributed by atoms with Gasteiger partial charge in [0.25, 0.3) is 22.9 Å². The average Bonchev–Trinajstić information content (AvgIpc) is 3.29. The number of amides is 2. The van der Waals surface area contributed by atoms with E-state index < -0.39 is 0 Å². The lowest BCUT2D eigenvalue weighted by Gasteiger charge is -2.26. The van der Waals surface area contributed by atoms with E-state index in [0.29, 0.717) is 39.4 Å². The number of hydrogen-bond donors (Lipinski definition) is 2. The zero-order chi connectivity index (χ0) is 23.5. The number of carbonyl (C=O) groups excluding carboxylic acids is 2. The monoisotopic (exact) mass is 456 g/mol. The highest BCUT2D eigenvalue weighted by Crippen LogP contribution is 2.15. The fourth-order valence-electron chi connectivity index (χ4n) is 4.11. The summed E-state index contributed by atoms with van der Waals surface area (Å²) in [7, 11) is 3.06. The number of nitrogens with one attached hydrogen (secondary N) is 2. The summed E-state index contributed by atoms with van der Waals surface area (Å²) in [4.78, 5) is 54.4. The van der Waals surface area contributed by atoms with Gasteiger partial charge in [0.05, 0.1) is 24.3 Å². The third kappa shape index (κ3) is 4.50. The smallest absolute Gasteiger partial charge is 0.274 e. The fraction of sp³-hybridized carbons (Fsp3) is 0.500. The number of aryl methyl sites for hydroxylation is 2. The van der Waals surface area contributed by atoms with Crippen LogP contribution in [0.15, 0.2) is 15.3 Å². The molecule has 11 nitrogen and oxygen atoms in total. The van der Waals surface area contributed by atoms with Crippen molar-refractivity contribution >= 4 is 24.0 Å². The van der Waals surface area contributed by atoms with Gasteiger partial charge in [0.2, 0.25) is 0 Å². The van der Waals surface area contributed by atoms with Crippen molar-refractivity contribution in [3.63, 3.8) is 0 Å². The first-order chi connectivity index (χ1) is 15.9. The van der Waals surface area contributed by atoms with Crippen LogP contribution in [0.25, 0.3) is 12.2 Å². The number of morpholine rings is 1. The lowest BCUT2D eigenvalue weighted by molar-refractivity contribution is 0.0298. The molecule has 11 heteroatoms. The number of nitrogens with zero attached hydrogens (tertiary/aromatic N) is 4. The Morgan fingerprint density at radius 3 is 1.73 bits per heavy atom. The summed E-state index contributed by atoms with van der Waals surface area (Å²) in [5, 5.41) is 5.63. The number of ether oxygens (including phenoxy) is 1. The lowest BCUT2D eigenvalue weighted by Crippen LogP contribution is -2.41. The molecule has 0 radical (unpaired) electrons. The maximum Gasteiger partial charge on any atom is 0.274 e. The van der Waals surface area contributed by atoms with Crippen molar-refractivity contribution in [3.8, 4) is 0 Å². The molecule has 0 bridgehead atoms. The second-order valence-electron chi connectivity index (χ2n) is 8.24. The quantitative estimate of drug-likeness (QED) is 0.634. The topological polar surface area (TPSA) is 125 Å².